The number of nitrogens with zero attached hydrogens (tertiary/aromatic N) is 2. The molecule has 2 nitrogen and oxygen atoms in total. The van der Waals surface area contributed by atoms with E-state index in [0.29, 0.717) is 0 Å². The molecule has 1 aliphatic heterocycles. The van der Waals surface area contributed by atoms with Gasteiger partial charge in [0, 0.05) is 19.3 Å². The highest BCUT2D eigenvalue weighted by molar-refractivity contribution is 5.85. The number of hydrogen-bond acceptors (Lipinski definition) is 2. The van der Waals surface area contributed by atoms with Crippen molar-refractivity contribution in [3.05, 3.63) is 58.4 Å². The van der Waals surface area contributed by atoms with Crippen LogP contribution in [0.25, 0.3) is 0 Å². The van der Waals surface area contributed by atoms with Gasteiger partial charge in [-0.05, 0) is 68.5 Å². The molecule has 0 saturated carbocycles. The second-order valence-electron chi connectivity index (χ2n) is 6.40. The van der Waals surface area contributed by atoms with Gasteiger partial charge in [0.1, 0.15) is 5.82 Å². The van der Waals surface area contributed by atoms with E-state index >= 15 is 0 Å². The Bertz CT molecular complexity index is 744. The van der Waals surface area contributed by atoms with E-state index in [1.54, 1.807) is 12.3 Å². The number of rotatable bonds is 3. The van der Waals surface area contributed by atoms with E-state index in [9.17, 15) is 4.39 Å². The van der Waals surface area contributed by atoms with E-state index in [4.69, 9.17) is 0 Å². The number of halogens is 1. The van der Waals surface area contributed by atoms with Gasteiger partial charge < -0.3 is 4.90 Å². The monoisotopic (exact) mass is 310 g/mol. The lowest BCUT2D eigenvalue weighted by Gasteiger charge is -2.19. The zero-order valence-electron chi connectivity index (χ0n) is 14.1. The largest absolute Gasteiger partial charge is 0.369 e. The topological polar surface area (TPSA) is 15.6 Å². The van der Waals surface area contributed by atoms with Gasteiger partial charge in [-0.1, -0.05) is 17.7 Å². The fourth-order valence-corrected chi connectivity index (χ4v) is 3.11. The molecule has 1 aliphatic rings. The quantitative estimate of drug-likeness (QED) is 0.720. The highest BCUT2D eigenvalue weighted by atomic mass is 19.1. The molecule has 1 heterocycles. The summed E-state index contributed by atoms with van der Waals surface area (Å²) in [6, 6.07) is 9.71. The summed E-state index contributed by atoms with van der Waals surface area (Å²) in [5.74, 6) is -0.153. The molecule has 0 aromatic heterocycles. The van der Waals surface area contributed by atoms with Crippen LogP contribution in [0.15, 0.2) is 35.3 Å². The maximum Gasteiger partial charge on any atom is 0.147 e. The average molecular weight is 310 g/mol. The van der Waals surface area contributed by atoms with Gasteiger partial charge in [0.25, 0.3) is 0 Å². The summed E-state index contributed by atoms with van der Waals surface area (Å²) in [6.07, 6.45) is 4.06. The fraction of sp³-hybridized carbons (Fsp3) is 0.350. The number of hydrogen-bond donors (Lipinski definition) is 0. The van der Waals surface area contributed by atoms with E-state index < -0.39 is 0 Å². The maximum atomic E-state index is 14.4. The molecule has 0 radical (unpaired) electrons. The molecule has 0 amide bonds. The zero-order chi connectivity index (χ0) is 16.4. The molecule has 3 rings (SSSR count). The Morgan fingerprint density at radius 3 is 2.43 bits per heavy atom. The molecular weight excluding hydrogens is 287 g/mol. The molecule has 3 heteroatoms. The molecule has 120 valence electrons. The Balaban J connectivity index is 1.88. The molecule has 0 aliphatic carbocycles. The molecule has 1 saturated heterocycles. The SMILES string of the molecule is Cc1ccc(N=Cc2cc(F)c(N3CCCC3)cc2C)c(C)c1. The van der Waals surface area contributed by atoms with Crippen molar-refractivity contribution in [3.8, 4) is 0 Å². The van der Waals surface area contributed by atoms with Crippen molar-refractivity contribution in [3.63, 3.8) is 0 Å². The highest BCUT2D eigenvalue weighted by Gasteiger charge is 2.17. The minimum absolute atomic E-state index is 0.153. The summed E-state index contributed by atoms with van der Waals surface area (Å²) in [4.78, 5) is 6.67. The summed E-state index contributed by atoms with van der Waals surface area (Å²) in [7, 11) is 0. The summed E-state index contributed by atoms with van der Waals surface area (Å²) in [5, 5.41) is 0. The summed E-state index contributed by atoms with van der Waals surface area (Å²) >= 11 is 0. The van der Waals surface area contributed by atoms with Gasteiger partial charge in [0.05, 0.1) is 11.4 Å². The summed E-state index contributed by atoms with van der Waals surface area (Å²) in [5.41, 5.74) is 5.90. The van der Waals surface area contributed by atoms with Crippen molar-refractivity contribution < 1.29 is 4.39 Å². The number of aryl methyl sites for hydroxylation is 3. The minimum Gasteiger partial charge on any atom is -0.369 e. The smallest absolute Gasteiger partial charge is 0.147 e. The van der Waals surface area contributed by atoms with E-state index in [1.165, 1.54) is 5.56 Å². The molecule has 0 spiro atoms. The van der Waals surface area contributed by atoms with Crippen LogP contribution in [0.3, 0.4) is 0 Å². The average Bonchev–Trinajstić information content (AvgIpc) is 3.03. The second-order valence-corrected chi connectivity index (χ2v) is 6.40. The van der Waals surface area contributed by atoms with Crippen molar-refractivity contribution in [2.75, 3.05) is 18.0 Å². The third-order valence-electron chi connectivity index (χ3n) is 4.48. The molecule has 0 unspecified atom stereocenters. The number of anilines is 1. The van der Waals surface area contributed by atoms with Crippen LogP contribution in [-0.2, 0) is 0 Å². The van der Waals surface area contributed by atoms with Crippen molar-refractivity contribution in [1.82, 2.24) is 0 Å². The van der Waals surface area contributed by atoms with E-state index in [2.05, 4.69) is 22.9 Å². The van der Waals surface area contributed by atoms with Gasteiger partial charge in [-0.3, -0.25) is 4.99 Å². The summed E-state index contributed by atoms with van der Waals surface area (Å²) < 4.78 is 14.4. The Hall–Kier alpha value is -2.16. The fourth-order valence-electron chi connectivity index (χ4n) is 3.11. The molecule has 0 N–H and O–H groups in total. The molecular formula is C20H23FN2. The van der Waals surface area contributed by atoms with Crippen LogP contribution in [-0.4, -0.2) is 19.3 Å². The van der Waals surface area contributed by atoms with Crippen LogP contribution in [0.2, 0.25) is 0 Å². The first-order chi connectivity index (χ1) is 11.0. The molecule has 0 atom stereocenters. The van der Waals surface area contributed by atoms with Crippen molar-refractivity contribution >= 4 is 17.6 Å². The van der Waals surface area contributed by atoms with Gasteiger partial charge in [-0.15, -0.1) is 0 Å². The molecule has 0 bridgehead atoms. The molecule has 1 fully saturated rings. The second kappa shape index (κ2) is 6.53. The Morgan fingerprint density at radius 1 is 1.00 bits per heavy atom. The number of aliphatic imine (C=N–C) groups is 1. The molecule has 2 aromatic rings. The van der Waals surface area contributed by atoms with Gasteiger partial charge in [-0.2, -0.15) is 0 Å². The Morgan fingerprint density at radius 2 is 1.74 bits per heavy atom. The normalized spacial score (nSPS) is 14.9. The predicted octanol–water partition coefficient (Wildman–Crippen LogP) is 5.10. The van der Waals surface area contributed by atoms with Gasteiger partial charge >= 0.3 is 0 Å². The van der Waals surface area contributed by atoms with Crippen molar-refractivity contribution in [2.24, 2.45) is 4.99 Å². The van der Waals surface area contributed by atoms with Gasteiger partial charge in [0.2, 0.25) is 0 Å². The van der Waals surface area contributed by atoms with E-state index in [1.807, 2.05) is 32.0 Å². The van der Waals surface area contributed by atoms with Crippen LogP contribution >= 0.6 is 0 Å². The zero-order valence-corrected chi connectivity index (χ0v) is 14.1. The lowest BCUT2D eigenvalue weighted by Crippen LogP contribution is -2.19. The van der Waals surface area contributed by atoms with E-state index in [0.717, 1.165) is 54.0 Å². The first-order valence-electron chi connectivity index (χ1n) is 8.21. The van der Waals surface area contributed by atoms with E-state index in [-0.39, 0.29) is 5.82 Å². The van der Waals surface area contributed by atoms with Crippen LogP contribution in [0.4, 0.5) is 15.8 Å². The third-order valence-corrected chi connectivity index (χ3v) is 4.48. The van der Waals surface area contributed by atoms with Crippen LogP contribution in [0.1, 0.15) is 35.1 Å². The van der Waals surface area contributed by atoms with Crippen LogP contribution in [0.5, 0.6) is 0 Å². The Labute approximate surface area is 137 Å². The standard InChI is InChI=1S/C20H23FN2/c1-14-6-7-19(16(3)10-14)22-13-17-12-18(21)20(11-15(17)2)23-8-4-5-9-23/h6-7,10-13H,4-5,8-9H2,1-3H3. The van der Waals surface area contributed by atoms with Gasteiger partial charge in [0.15, 0.2) is 0 Å². The Kier molecular flexibility index (Phi) is 4.46. The first-order valence-corrected chi connectivity index (χ1v) is 8.21. The number of benzene rings is 2. The molecule has 23 heavy (non-hydrogen) atoms. The van der Waals surface area contributed by atoms with Crippen LogP contribution in [0, 0.1) is 26.6 Å². The van der Waals surface area contributed by atoms with Crippen LogP contribution < -0.4 is 4.90 Å². The highest BCUT2D eigenvalue weighted by Crippen LogP contribution is 2.27. The predicted molar refractivity (Wildman–Crippen MR) is 95.8 cm³/mol. The minimum atomic E-state index is -0.153. The van der Waals surface area contributed by atoms with Crippen molar-refractivity contribution in [1.29, 1.82) is 0 Å². The van der Waals surface area contributed by atoms with Gasteiger partial charge in [-0.25, -0.2) is 4.39 Å². The first kappa shape index (κ1) is 15.7. The lowest BCUT2D eigenvalue weighted by molar-refractivity contribution is 0.622. The maximum absolute atomic E-state index is 14.4. The third kappa shape index (κ3) is 3.44. The lowest BCUT2D eigenvalue weighted by atomic mass is 10.1. The van der Waals surface area contributed by atoms with Crippen molar-refractivity contribution in [2.45, 2.75) is 33.6 Å². The molecule has 2 aromatic carbocycles. The summed E-state index contributed by atoms with van der Waals surface area (Å²) in [6.45, 7) is 8.03.